The first kappa shape index (κ1) is 14.2. The standard InChI is InChI=1S/C10H20N2O4S/c1-10(2,3)16-9(13)12-6-5-8(7-12)11-17(4,14)15/h8,11H,5-7H2,1-4H3. The summed E-state index contributed by atoms with van der Waals surface area (Å²) in [5.74, 6) is 0. The summed E-state index contributed by atoms with van der Waals surface area (Å²) in [4.78, 5) is 13.2. The Hall–Kier alpha value is -0.820. The molecule has 1 aliphatic rings. The first-order valence-corrected chi connectivity index (χ1v) is 7.41. The number of hydrogen-bond donors (Lipinski definition) is 1. The number of carbonyl (C=O) groups is 1. The van der Waals surface area contributed by atoms with E-state index in [-0.39, 0.29) is 6.04 Å². The van der Waals surface area contributed by atoms with Gasteiger partial charge in [0.1, 0.15) is 5.60 Å². The van der Waals surface area contributed by atoms with Crippen molar-refractivity contribution in [2.75, 3.05) is 19.3 Å². The molecule has 17 heavy (non-hydrogen) atoms. The lowest BCUT2D eigenvalue weighted by Crippen LogP contribution is -2.39. The summed E-state index contributed by atoms with van der Waals surface area (Å²) < 4.78 is 29.8. The average molecular weight is 264 g/mol. The number of amides is 1. The van der Waals surface area contributed by atoms with Crippen molar-refractivity contribution in [1.29, 1.82) is 0 Å². The van der Waals surface area contributed by atoms with E-state index in [1.54, 1.807) is 20.8 Å². The molecule has 0 radical (unpaired) electrons. The van der Waals surface area contributed by atoms with Gasteiger partial charge in [-0.15, -0.1) is 0 Å². The average Bonchev–Trinajstić information content (AvgIpc) is 2.45. The predicted octanol–water partition coefficient (Wildman–Crippen LogP) is 0.545. The van der Waals surface area contributed by atoms with E-state index in [2.05, 4.69) is 4.72 Å². The molecule has 1 unspecified atom stereocenters. The van der Waals surface area contributed by atoms with Crippen LogP contribution in [-0.4, -0.2) is 50.4 Å². The van der Waals surface area contributed by atoms with Crippen LogP contribution in [0, 0.1) is 0 Å². The van der Waals surface area contributed by atoms with E-state index in [0.717, 1.165) is 6.26 Å². The third-order valence-electron chi connectivity index (χ3n) is 2.22. The molecule has 1 rings (SSSR count). The van der Waals surface area contributed by atoms with Crippen molar-refractivity contribution in [3.8, 4) is 0 Å². The van der Waals surface area contributed by atoms with Gasteiger partial charge in [0, 0.05) is 19.1 Å². The number of hydrogen-bond acceptors (Lipinski definition) is 4. The van der Waals surface area contributed by atoms with Crippen LogP contribution in [0.3, 0.4) is 0 Å². The van der Waals surface area contributed by atoms with E-state index in [1.807, 2.05) is 0 Å². The molecule has 1 N–H and O–H groups in total. The summed E-state index contributed by atoms with van der Waals surface area (Å²) in [7, 11) is -3.22. The van der Waals surface area contributed by atoms with Crippen LogP contribution in [-0.2, 0) is 14.8 Å². The first-order valence-electron chi connectivity index (χ1n) is 5.52. The Balaban J connectivity index is 2.48. The summed E-state index contributed by atoms with van der Waals surface area (Å²) in [6.07, 6.45) is 1.34. The molecule has 6 nitrogen and oxygen atoms in total. The van der Waals surface area contributed by atoms with Crippen LogP contribution in [0.25, 0.3) is 0 Å². The summed E-state index contributed by atoms with van der Waals surface area (Å²) in [5.41, 5.74) is -0.528. The minimum Gasteiger partial charge on any atom is -0.444 e. The molecule has 100 valence electrons. The topological polar surface area (TPSA) is 75.7 Å². The normalized spacial score (nSPS) is 21.6. The largest absolute Gasteiger partial charge is 0.444 e. The van der Waals surface area contributed by atoms with Crippen molar-refractivity contribution in [2.45, 2.75) is 38.8 Å². The van der Waals surface area contributed by atoms with Crippen LogP contribution in [0.1, 0.15) is 27.2 Å². The van der Waals surface area contributed by atoms with E-state index in [9.17, 15) is 13.2 Å². The van der Waals surface area contributed by atoms with Gasteiger partial charge in [0.2, 0.25) is 10.0 Å². The third kappa shape index (κ3) is 5.36. The highest BCUT2D eigenvalue weighted by Gasteiger charge is 2.30. The summed E-state index contributed by atoms with van der Waals surface area (Å²) in [6, 6.07) is -0.211. The fraction of sp³-hybridized carbons (Fsp3) is 0.900. The number of ether oxygens (including phenoxy) is 1. The molecule has 0 aromatic heterocycles. The zero-order valence-corrected chi connectivity index (χ0v) is 11.5. The van der Waals surface area contributed by atoms with Crippen LogP contribution < -0.4 is 4.72 Å². The molecule has 1 aliphatic heterocycles. The van der Waals surface area contributed by atoms with Gasteiger partial charge in [0.15, 0.2) is 0 Å². The highest BCUT2D eigenvalue weighted by Crippen LogP contribution is 2.15. The predicted molar refractivity (Wildman–Crippen MR) is 64.2 cm³/mol. The van der Waals surface area contributed by atoms with Gasteiger partial charge in [-0.3, -0.25) is 0 Å². The van der Waals surface area contributed by atoms with Gasteiger partial charge in [-0.05, 0) is 27.2 Å². The second-order valence-electron chi connectivity index (χ2n) is 5.30. The monoisotopic (exact) mass is 264 g/mol. The van der Waals surface area contributed by atoms with Crippen LogP contribution in [0.15, 0.2) is 0 Å². The Bertz CT molecular complexity index is 386. The minimum absolute atomic E-state index is 0.211. The van der Waals surface area contributed by atoms with E-state index >= 15 is 0 Å². The lowest BCUT2D eigenvalue weighted by atomic mass is 10.2. The van der Waals surface area contributed by atoms with Crippen LogP contribution in [0.2, 0.25) is 0 Å². The zero-order chi connectivity index (χ0) is 13.3. The van der Waals surface area contributed by atoms with Crippen molar-refractivity contribution in [3.05, 3.63) is 0 Å². The Morgan fingerprint density at radius 3 is 2.47 bits per heavy atom. The SMILES string of the molecule is CC(C)(C)OC(=O)N1CCC(NS(C)(=O)=O)C1. The van der Waals surface area contributed by atoms with Crippen LogP contribution in [0.5, 0.6) is 0 Å². The maximum Gasteiger partial charge on any atom is 0.410 e. The Morgan fingerprint density at radius 2 is 2.00 bits per heavy atom. The van der Waals surface area contributed by atoms with Crippen molar-refractivity contribution in [2.24, 2.45) is 0 Å². The number of nitrogens with zero attached hydrogens (tertiary/aromatic N) is 1. The first-order chi connectivity index (χ1) is 7.57. The quantitative estimate of drug-likeness (QED) is 0.790. The van der Waals surface area contributed by atoms with E-state index in [4.69, 9.17) is 4.74 Å². The Kier molecular flexibility index (Phi) is 4.03. The van der Waals surface area contributed by atoms with Gasteiger partial charge < -0.3 is 9.64 Å². The second-order valence-corrected chi connectivity index (χ2v) is 7.08. The fourth-order valence-corrected chi connectivity index (χ4v) is 2.45. The van der Waals surface area contributed by atoms with Gasteiger partial charge in [0.05, 0.1) is 6.26 Å². The van der Waals surface area contributed by atoms with E-state index in [0.29, 0.717) is 19.5 Å². The number of rotatable bonds is 2. The van der Waals surface area contributed by atoms with Gasteiger partial charge >= 0.3 is 6.09 Å². The maximum absolute atomic E-state index is 11.7. The summed E-state index contributed by atoms with van der Waals surface area (Å²) in [5, 5.41) is 0. The summed E-state index contributed by atoms with van der Waals surface area (Å²) >= 11 is 0. The van der Waals surface area contributed by atoms with Crippen molar-refractivity contribution in [1.82, 2.24) is 9.62 Å². The fourth-order valence-electron chi connectivity index (χ4n) is 1.65. The number of sulfonamides is 1. The lowest BCUT2D eigenvalue weighted by Gasteiger charge is -2.24. The second kappa shape index (κ2) is 4.81. The van der Waals surface area contributed by atoms with E-state index < -0.39 is 21.7 Å². The zero-order valence-electron chi connectivity index (χ0n) is 10.7. The van der Waals surface area contributed by atoms with Crippen LogP contribution >= 0.6 is 0 Å². The van der Waals surface area contributed by atoms with Gasteiger partial charge in [-0.1, -0.05) is 0 Å². The third-order valence-corrected chi connectivity index (χ3v) is 2.98. The summed E-state index contributed by atoms with van der Waals surface area (Å²) in [6.45, 7) is 6.28. The Morgan fingerprint density at radius 1 is 1.41 bits per heavy atom. The molecule has 0 saturated carbocycles. The highest BCUT2D eigenvalue weighted by molar-refractivity contribution is 7.88. The lowest BCUT2D eigenvalue weighted by molar-refractivity contribution is 0.0292. The molecule has 0 spiro atoms. The highest BCUT2D eigenvalue weighted by atomic mass is 32.2. The maximum atomic E-state index is 11.7. The minimum atomic E-state index is -3.22. The molecule has 0 aliphatic carbocycles. The number of carbonyl (C=O) groups excluding carboxylic acids is 1. The molecule has 1 atom stereocenters. The molecule has 7 heteroatoms. The molecule has 1 fully saturated rings. The van der Waals surface area contributed by atoms with Crippen molar-refractivity contribution in [3.63, 3.8) is 0 Å². The Labute approximate surface area is 102 Å². The molecule has 0 aromatic carbocycles. The molecular formula is C10H20N2O4S. The smallest absolute Gasteiger partial charge is 0.410 e. The number of nitrogens with one attached hydrogen (secondary N) is 1. The van der Waals surface area contributed by atoms with Gasteiger partial charge in [-0.2, -0.15) is 0 Å². The molecule has 1 amide bonds. The van der Waals surface area contributed by atoms with Crippen molar-refractivity contribution >= 4 is 16.1 Å². The number of likely N-dealkylation sites (tertiary alicyclic amines) is 1. The van der Waals surface area contributed by atoms with Gasteiger partial charge in [-0.25, -0.2) is 17.9 Å². The molecule has 0 bridgehead atoms. The van der Waals surface area contributed by atoms with Gasteiger partial charge in [0.25, 0.3) is 0 Å². The van der Waals surface area contributed by atoms with E-state index in [1.165, 1.54) is 4.90 Å². The van der Waals surface area contributed by atoms with Crippen LogP contribution in [0.4, 0.5) is 4.79 Å². The molecule has 1 heterocycles. The molecular weight excluding hydrogens is 244 g/mol. The molecule has 1 saturated heterocycles. The van der Waals surface area contributed by atoms with Crippen molar-refractivity contribution < 1.29 is 17.9 Å². The molecule has 0 aromatic rings.